The van der Waals surface area contributed by atoms with Gasteiger partial charge in [0.25, 0.3) is 0 Å². The van der Waals surface area contributed by atoms with Gasteiger partial charge in [0.1, 0.15) is 0 Å². The van der Waals surface area contributed by atoms with E-state index < -0.39 is 0 Å². The fourth-order valence-electron chi connectivity index (χ4n) is 2.56. The summed E-state index contributed by atoms with van der Waals surface area (Å²) in [5, 5.41) is 0. The second kappa shape index (κ2) is 4.37. The number of benzene rings is 1. The van der Waals surface area contributed by atoms with Crippen molar-refractivity contribution in [3.8, 4) is 11.3 Å². The van der Waals surface area contributed by atoms with E-state index in [1.807, 2.05) is 36.5 Å². The Balaban J connectivity index is 2.15. The Bertz CT molecular complexity index is 616. The van der Waals surface area contributed by atoms with Crippen LogP contribution >= 0.6 is 0 Å². The van der Waals surface area contributed by atoms with Crippen molar-refractivity contribution in [1.29, 1.82) is 0 Å². The summed E-state index contributed by atoms with van der Waals surface area (Å²) >= 11 is 0. The summed E-state index contributed by atoms with van der Waals surface area (Å²) in [5.41, 5.74) is 4.61. The Morgan fingerprint density at radius 2 is 1.89 bits per heavy atom. The Kier molecular flexibility index (Phi) is 2.71. The molecule has 0 bridgehead atoms. The smallest absolute Gasteiger partial charge is 0.196 e. The van der Waals surface area contributed by atoms with Crippen LogP contribution in [-0.4, -0.2) is 10.8 Å². The van der Waals surface area contributed by atoms with Gasteiger partial charge in [-0.05, 0) is 24.5 Å². The summed E-state index contributed by atoms with van der Waals surface area (Å²) in [6.07, 6.45) is 5.03. The van der Waals surface area contributed by atoms with Crippen molar-refractivity contribution >= 4 is 5.78 Å². The first-order valence-corrected chi connectivity index (χ1v) is 6.45. The molecule has 2 aromatic rings. The second-order valence-electron chi connectivity index (χ2n) is 4.67. The zero-order chi connectivity index (χ0) is 12.5. The molecule has 0 radical (unpaired) electrons. The molecular formula is C16H15NO. The van der Waals surface area contributed by atoms with Gasteiger partial charge in [0.05, 0.1) is 11.3 Å². The number of ketones is 1. The number of hydrogen-bond donors (Lipinski definition) is 0. The van der Waals surface area contributed by atoms with Gasteiger partial charge in [-0.1, -0.05) is 37.6 Å². The molecule has 90 valence electrons. The summed E-state index contributed by atoms with van der Waals surface area (Å²) in [4.78, 5) is 16.8. The summed E-state index contributed by atoms with van der Waals surface area (Å²) in [7, 11) is 0. The zero-order valence-corrected chi connectivity index (χ0v) is 10.4. The number of unbranched alkanes of at least 4 members (excludes halogenated alkanes) is 1. The number of carbonyl (C=O) groups is 1. The van der Waals surface area contributed by atoms with Crippen LogP contribution in [0.4, 0.5) is 0 Å². The van der Waals surface area contributed by atoms with Gasteiger partial charge >= 0.3 is 0 Å². The van der Waals surface area contributed by atoms with Gasteiger partial charge in [-0.3, -0.25) is 9.78 Å². The number of rotatable bonds is 3. The Morgan fingerprint density at radius 1 is 1.11 bits per heavy atom. The van der Waals surface area contributed by atoms with Crippen LogP contribution < -0.4 is 0 Å². The summed E-state index contributed by atoms with van der Waals surface area (Å²) in [5.74, 6) is 0.139. The van der Waals surface area contributed by atoms with Crippen LogP contribution in [-0.2, 0) is 6.42 Å². The van der Waals surface area contributed by atoms with Crippen LogP contribution in [0.15, 0.2) is 36.5 Å². The SMILES string of the molecule is CCCCc1ccnc2c1C(=O)c1ccccc1-2. The van der Waals surface area contributed by atoms with Crippen molar-refractivity contribution in [3.63, 3.8) is 0 Å². The van der Waals surface area contributed by atoms with Gasteiger partial charge in [-0.15, -0.1) is 0 Å². The summed E-state index contributed by atoms with van der Waals surface area (Å²) in [6, 6.07) is 9.73. The standard InChI is InChI=1S/C16H15NO/c1-2-3-6-11-9-10-17-15-12-7-4-5-8-13(12)16(18)14(11)15/h4-5,7-10H,2-3,6H2,1H3. The van der Waals surface area contributed by atoms with E-state index in [0.717, 1.165) is 47.2 Å². The predicted molar refractivity (Wildman–Crippen MR) is 71.7 cm³/mol. The molecule has 0 saturated heterocycles. The largest absolute Gasteiger partial charge is 0.288 e. The highest BCUT2D eigenvalue weighted by Crippen LogP contribution is 2.36. The quantitative estimate of drug-likeness (QED) is 0.696. The van der Waals surface area contributed by atoms with Gasteiger partial charge in [0, 0.05) is 17.3 Å². The molecule has 3 rings (SSSR count). The molecule has 0 spiro atoms. The summed E-state index contributed by atoms with van der Waals surface area (Å²) < 4.78 is 0. The van der Waals surface area contributed by atoms with Crippen molar-refractivity contribution in [3.05, 3.63) is 53.2 Å². The highest BCUT2D eigenvalue weighted by Gasteiger charge is 2.29. The molecule has 18 heavy (non-hydrogen) atoms. The van der Waals surface area contributed by atoms with Gasteiger partial charge < -0.3 is 0 Å². The van der Waals surface area contributed by atoms with Gasteiger partial charge in [-0.25, -0.2) is 0 Å². The first-order valence-electron chi connectivity index (χ1n) is 6.45. The molecule has 0 saturated carbocycles. The van der Waals surface area contributed by atoms with E-state index in [4.69, 9.17) is 0 Å². The minimum Gasteiger partial charge on any atom is -0.288 e. The molecule has 0 aliphatic heterocycles. The minimum atomic E-state index is 0.139. The molecule has 1 heterocycles. The second-order valence-corrected chi connectivity index (χ2v) is 4.67. The lowest BCUT2D eigenvalue weighted by atomic mass is 10.0. The lowest BCUT2D eigenvalue weighted by Crippen LogP contribution is -2.01. The number of nitrogens with zero attached hydrogens (tertiary/aromatic N) is 1. The predicted octanol–water partition coefficient (Wildman–Crippen LogP) is 3.64. The molecule has 0 N–H and O–H groups in total. The fourth-order valence-corrected chi connectivity index (χ4v) is 2.56. The number of aromatic nitrogens is 1. The molecule has 0 atom stereocenters. The van der Waals surface area contributed by atoms with Crippen LogP contribution in [0.3, 0.4) is 0 Å². The molecule has 1 aliphatic carbocycles. The lowest BCUT2D eigenvalue weighted by Gasteiger charge is -2.05. The van der Waals surface area contributed by atoms with Crippen LogP contribution in [0.2, 0.25) is 0 Å². The zero-order valence-electron chi connectivity index (χ0n) is 10.4. The number of fused-ring (bicyclic) bond motifs is 3. The third-order valence-electron chi connectivity index (χ3n) is 3.49. The maximum atomic E-state index is 12.4. The van der Waals surface area contributed by atoms with Crippen molar-refractivity contribution < 1.29 is 4.79 Å². The van der Waals surface area contributed by atoms with E-state index >= 15 is 0 Å². The van der Waals surface area contributed by atoms with E-state index in [1.54, 1.807) is 0 Å². The third kappa shape index (κ3) is 1.57. The normalized spacial score (nSPS) is 12.4. The van der Waals surface area contributed by atoms with E-state index in [0.29, 0.717) is 0 Å². The van der Waals surface area contributed by atoms with Crippen molar-refractivity contribution in [1.82, 2.24) is 4.98 Å². The number of pyridine rings is 1. The van der Waals surface area contributed by atoms with Crippen LogP contribution in [0.5, 0.6) is 0 Å². The minimum absolute atomic E-state index is 0.139. The van der Waals surface area contributed by atoms with E-state index in [9.17, 15) is 4.79 Å². The molecule has 0 fully saturated rings. The van der Waals surface area contributed by atoms with Gasteiger partial charge in [-0.2, -0.15) is 0 Å². The highest BCUT2D eigenvalue weighted by atomic mass is 16.1. The first kappa shape index (κ1) is 11.1. The molecule has 0 unspecified atom stereocenters. The number of hydrogen-bond acceptors (Lipinski definition) is 2. The molecular weight excluding hydrogens is 222 g/mol. The molecule has 2 heteroatoms. The van der Waals surface area contributed by atoms with Gasteiger partial charge in [0.2, 0.25) is 0 Å². The molecule has 1 aromatic heterocycles. The summed E-state index contributed by atoms with van der Waals surface area (Å²) in [6.45, 7) is 2.16. The Hall–Kier alpha value is -1.96. The lowest BCUT2D eigenvalue weighted by molar-refractivity contribution is 0.104. The van der Waals surface area contributed by atoms with Crippen LogP contribution in [0.25, 0.3) is 11.3 Å². The molecule has 0 amide bonds. The topological polar surface area (TPSA) is 30.0 Å². The number of carbonyl (C=O) groups excluding carboxylic acids is 1. The van der Waals surface area contributed by atoms with Gasteiger partial charge in [0.15, 0.2) is 5.78 Å². The van der Waals surface area contributed by atoms with Crippen molar-refractivity contribution in [2.45, 2.75) is 26.2 Å². The van der Waals surface area contributed by atoms with E-state index in [-0.39, 0.29) is 5.78 Å². The third-order valence-corrected chi connectivity index (χ3v) is 3.49. The van der Waals surface area contributed by atoms with Crippen LogP contribution in [0.1, 0.15) is 41.3 Å². The van der Waals surface area contributed by atoms with Crippen molar-refractivity contribution in [2.75, 3.05) is 0 Å². The maximum absolute atomic E-state index is 12.4. The monoisotopic (exact) mass is 237 g/mol. The first-order chi connectivity index (χ1) is 8.83. The molecule has 1 aliphatic rings. The maximum Gasteiger partial charge on any atom is 0.196 e. The van der Waals surface area contributed by atoms with Crippen LogP contribution in [0, 0.1) is 0 Å². The fraction of sp³-hybridized carbons (Fsp3) is 0.250. The average molecular weight is 237 g/mol. The molecule has 1 aromatic carbocycles. The highest BCUT2D eigenvalue weighted by molar-refractivity contribution is 6.21. The molecule has 2 nitrogen and oxygen atoms in total. The van der Waals surface area contributed by atoms with Crippen molar-refractivity contribution in [2.24, 2.45) is 0 Å². The Morgan fingerprint density at radius 3 is 2.67 bits per heavy atom. The average Bonchev–Trinajstić information content (AvgIpc) is 2.72. The number of aryl methyl sites for hydroxylation is 1. The Labute approximate surface area is 107 Å². The van der Waals surface area contributed by atoms with E-state index in [1.165, 1.54) is 0 Å². The van der Waals surface area contributed by atoms with E-state index in [2.05, 4.69) is 11.9 Å².